The van der Waals surface area contributed by atoms with Gasteiger partial charge in [-0.25, -0.2) is 0 Å². The first-order valence-corrected chi connectivity index (χ1v) is 8.83. The maximum Gasteiger partial charge on any atom is 0.125 e. The van der Waals surface area contributed by atoms with Gasteiger partial charge >= 0.3 is 0 Å². The number of ether oxygens (including phenoxy) is 2. The fourth-order valence-electron chi connectivity index (χ4n) is 3.80. The Labute approximate surface area is 134 Å². The fraction of sp³-hybridized carbons (Fsp3) is 0.684. The van der Waals surface area contributed by atoms with Gasteiger partial charge < -0.3 is 14.8 Å². The highest BCUT2D eigenvalue weighted by Crippen LogP contribution is 2.46. The smallest absolute Gasteiger partial charge is 0.125 e. The molecule has 1 heterocycles. The average molecular weight is 303 g/mol. The maximum absolute atomic E-state index is 6.48. The first kappa shape index (κ1) is 15.7. The van der Waals surface area contributed by atoms with Crippen molar-refractivity contribution >= 4 is 0 Å². The molecular weight excluding hydrogens is 274 g/mol. The van der Waals surface area contributed by atoms with E-state index in [2.05, 4.69) is 44.4 Å². The van der Waals surface area contributed by atoms with Crippen molar-refractivity contribution in [1.29, 1.82) is 0 Å². The summed E-state index contributed by atoms with van der Waals surface area (Å²) in [4.78, 5) is 0. The Morgan fingerprint density at radius 1 is 1.32 bits per heavy atom. The largest absolute Gasteiger partial charge is 0.491 e. The highest BCUT2D eigenvalue weighted by molar-refractivity contribution is 5.44. The summed E-state index contributed by atoms with van der Waals surface area (Å²) >= 11 is 0. The Morgan fingerprint density at radius 2 is 2.09 bits per heavy atom. The Balaban J connectivity index is 1.85. The van der Waals surface area contributed by atoms with Gasteiger partial charge in [-0.05, 0) is 64.3 Å². The molecule has 22 heavy (non-hydrogen) atoms. The molecule has 0 aromatic heterocycles. The van der Waals surface area contributed by atoms with Gasteiger partial charge in [0, 0.05) is 18.0 Å². The van der Waals surface area contributed by atoms with Crippen LogP contribution < -0.4 is 14.8 Å². The molecule has 3 nitrogen and oxygen atoms in total. The van der Waals surface area contributed by atoms with E-state index in [1.54, 1.807) is 0 Å². The highest BCUT2D eigenvalue weighted by Gasteiger charge is 2.41. The van der Waals surface area contributed by atoms with Gasteiger partial charge in [0.2, 0.25) is 0 Å². The van der Waals surface area contributed by atoms with Crippen LogP contribution in [0.4, 0.5) is 0 Å². The van der Waals surface area contributed by atoms with Gasteiger partial charge in [0.05, 0.1) is 6.10 Å². The highest BCUT2D eigenvalue weighted by atomic mass is 16.5. The van der Waals surface area contributed by atoms with E-state index in [1.807, 2.05) is 0 Å². The molecule has 2 aliphatic rings. The first-order valence-electron chi connectivity index (χ1n) is 8.83. The summed E-state index contributed by atoms with van der Waals surface area (Å²) < 4.78 is 12.5. The summed E-state index contributed by atoms with van der Waals surface area (Å²) in [7, 11) is 2.05. The molecule has 0 saturated heterocycles. The number of fused-ring (bicyclic) bond motifs is 1. The third kappa shape index (κ3) is 3.10. The van der Waals surface area contributed by atoms with Crippen LogP contribution in [0.5, 0.6) is 11.5 Å². The molecule has 2 unspecified atom stereocenters. The summed E-state index contributed by atoms with van der Waals surface area (Å²) in [5.74, 6) is 2.00. The molecule has 0 bridgehead atoms. The van der Waals surface area contributed by atoms with Gasteiger partial charge in [-0.3, -0.25) is 0 Å². The summed E-state index contributed by atoms with van der Waals surface area (Å²) in [5, 5.41) is 3.49. The Bertz CT molecular complexity index is 508. The molecule has 0 amide bonds. The van der Waals surface area contributed by atoms with Gasteiger partial charge in [-0.15, -0.1) is 0 Å². The zero-order valence-electron chi connectivity index (χ0n) is 14.2. The second-order valence-corrected chi connectivity index (χ2v) is 6.93. The zero-order valence-corrected chi connectivity index (χ0v) is 14.2. The minimum atomic E-state index is 0.0536. The second-order valence-electron chi connectivity index (χ2n) is 6.93. The molecule has 1 aromatic rings. The van der Waals surface area contributed by atoms with Crippen molar-refractivity contribution in [2.24, 2.45) is 0 Å². The van der Waals surface area contributed by atoms with Crippen molar-refractivity contribution in [1.82, 2.24) is 5.32 Å². The van der Waals surface area contributed by atoms with Crippen molar-refractivity contribution in [3.63, 3.8) is 0 Å². The summed E-state index contributed by atoms with van der Waals surface area (Å²) in [6.45, 7) is 4.26. The monoisotopic (exact) mass is 303 g/mol. The number of rotatable bonds is 4. The molecule has 1 aliphatic heterocycles. The van der Waals surface area contributed by atoms with Crippen LogP contribution in [0.15, 0.2) is 18.2 Å². The van der Waals surface area contributed by atoms with Crippen molar-refractivity contribution in [3.05, 3.63) is 23.8 Å². The molecule has 2 atom stereocenters. The lowest BCUT2D eigenvalue weighted by molar-refractivity contribution is -0.00193. The molecule has 3 rings (SSSR count). The summed E-state index contributed by atoms with van der Waals surface area (Å²) in [5.41, 5.74) is 1.30. The number of benzene rings is 1. The van der Waals surface area contributed by atoms with Crippen LogP contribution in [-0.2, 0) is 0 Å². The zero-order chi connectivity index (χ0) is 15.6. The van der Waals surface area contributed by atoms with Gasteiger partial charge in [-0.1, -0.05) is 13.3 Å². The lowest BCUT2D eigenvalue weighted by Crippen LogP contribution is -2.45. The minimum absolute atomic E-state index is 0.0536. The lowest BCUT2D eigenvalue weighted by Gasteiger charge is -2.44. The molecule has 1 aliphatic carbocycles. The third-order valence-electron chi connectivity index (χ3n) is 5.28. The molecule has 1 saturated carbocycles. The van der Waals surface area contributed by atoms with Crippen molar-refractivity contribution in [2.75, 3.05) is 7.05 Å². The summed E-state index contributed by atoms with van der Waals surface area (Å²) in [6, 6.07) is 6.69. The topological polar surface area (TPSA) is 30.5 Å². The molecular formula is C19H29NO2. The Morgan fingerprint density at radius 3 is 2.77 bits per heavy atom. The number of hydrogen-bond donors (Lipinski definition) is 1. The van der Waals surface area contributed by atoms with Crippen molar-refractivity contribution in [2.45, 2.75) is 76.5 Å². The molecule has 1 aromatic carbocycles. The molecule has 1 N–H and O–H groups in total. The Kier molecular flexibility index (Phi) is 4.62. The van der Waals surface area contributed by atoms with Crippen LogP contribution >= 0.6 is 0 Å². The Hall–Kier alpha value is -1.22. The van der Waals surface area contributed by atoms with Crippen molar-refractivity contribution < 1.29 is 9.47 Å². The fourth-order valence-corrected chi connectivity index (χ4v) is 3.80. The lowest BCUT2D eigenvalue weighted by atomic mass is 9.77. The molecule has 122 valence electrons. The molecule has 3 heteroatoms. The third-order valence-corrected chi connectivity index (χ3v) is 5.28. The van der Waals surface area contributed by atoms with Gasteiger partial charge in [0.25, 0.3) is 0 Å². The average Bonchev–Trinajstić information content (AvgIpc) is 2.55. The van der Waals surface area contributed by atoms with E-state index < -0.39 is 0 Å². The van der Waals surface area contributed by atoms with E-state index >= 15 is 0 Å². The van der Waals surface area contributed by atoms with E-state index in [1.165, 1.54) is 37.7 Å². The van der Waals surface area contributed by atoms with Crippen LogP contribution in [0.2, 0.25) is 0 Å². The standard InChI is InChI=1S/C19H29NO2/c1-4-14(2)21-15-8-9-18-16(12-15)17(20-3)13-19(22-18)10-6-5-7-11-19/h8-9,12,14,17,20H,4-7,10-11,13H2,1-3H3. The SMILES string of the molecule is CCC(C)Oc1ccc2c(c1)C(NC)CC1(CCCCC1)O2. The van der Waals surface area contributed by atoms with Crippen LogP contribution in [0, 0.1) is 0 Å². The van der Waals surface area contributed by atoms with Gasteiger partial charge in [0.15, 0.2) is 0 Å². The van der Waals surface area contributed by atoms with Crippen LogP contribution in [0.1, 0.15) is 70.4 Å². The molecule has 1 spiro atoms. The molecule has 1 fully saturated rings. The second kappa shape index (κ2) is 6.49. The predicted octanol–water partition coefficient (Wildman–Crippen LogP) is 4.61. The number of hydrogen-bond acceptors (Lipinski definition) is 3. The van der Waals surface area contributed by atoms with Crippen LogP contribution in [0.3, 0.4) is 0 Å². The normalized spacial score (nSPS) is 24.4. The van der Waals surface area contributed by atoms with Gasteiger partial charge in [0.1, 0.15) is 17.1 Å². The maximum atomic E-state index is 6.48. The van der Waals surface area contributed by atoms with E-state index in [4.69, 9.17) is 9.47 Å². The first-order chi connectivity index (χ1) is 10.7. The summed E-state index contributed by atoms with van der Waals surface area (Å²) in [6.07, 6.45) is 8.66. The van der Waals surface area contributed by atoms with E-state index in [-0.39, 0.29) is 11.7 Å². The minimum Gasteiger partial charge on any atom is -0.491 e. The predicted molar refractivity (Wildman–Crippen MR) is 89.7 cm³/mol. The van der Waals surface area contributed by atoms with Crippen LogP contribution in [0.25, 0.3) is 0 Å². The van der Waals surface area contributed by atoms with Gasteiger partial charge in [-0.2, -0.15) is 0 Å². The number of nitrogens with one attached hydrogen (secondary N) is 1. The van der Waals surface area contributed by atoms with Crippen LogP contribution in [-0.4, -0.2) is 18.8 Å². The van der Waals surface area contributed by atoms with E-state index in [9.17, 15) is 0 Å². The van der Waals surface area contributed by atoms with Crippen molar-refractivity contribution in [3.8, 4) is 11.5 Å². The van der Waals surface area contributed by atoms with E-state index in [0.29, 0.717) is 6.04 Å². The molecule has 0 radical (unpaired) electrons. The van der Waals surface area contributed by atoms with E-state index in [0.717, 1.165) is 24.3 Å². The quantitative estimate of drug-likeness (QED) is 0.881.